The molecule has 0 aliphatic heterocycles. The van der Waals surface area contributed by atoms with Crippen LogP contribution >= 0.6 is 0 Å². The van der Waals surface area contributed by atoms with Gasteiger partial charge in [0.05, 0.1) is 9.80 Å². The molecule has 0 radical (unpaired) electrons. The highest BCUT2D eigenvalue weighted by Gasteiger charge is 2.35. The summed E-state index contributed by atoms with van der Waals surface area (Å²) in [6, 6.07) is 18.2. The molecule has 0 bridgehead atoms. The van der Waals surface area contributed by atoms with Crippen molar-refractivity contribution in [3.05, 3.63) is 82.3 Å². The van der Waals surface area contributed by atoms with Gasteiger partial charge < -0.3 is 0 Å². The van der Waals surface area contributed by atoms with Gasteiger partial charge in [0, 0.05) is 12.0 Å². The van der Waals surface area contributed by atoms with E-state index in [0.717, 1.165) is 42.4 Å². The lowest BCUT2D eigenvalue weighted by Crippen LogP contribution is -2.10. The van der Waals surface area contributed by atoms with Crippen LogP contribution in [0.2, 0.25) is 0 Å². The molecule has 0 atom stereocenters. The summed E-state index contributed by atoms with van der Waals surface area (Å²) in [6.07, 6.45) is 4.26. The Hall–Kier alpha value is -2.46. The van der Waals surface area contributed by atoms with Gasteiger partial charge in [-0.15, -0.1) is 0 Å². The first kappa shape index (κ1) is 17.9. The Morgan fingerprint density at radius 1 is 0.704 bits per heavy atom. The number of Topliss-reactive ketones (excluding diaryl/α,β-unsaturated/α-hetero) is 1. The molecule has 0 aromatic heterocycles. The lowest BCUT2D eigenvalue weighted by atomic mass is 9.93. The van der Waals surface area contributed by atoms with Crippen molar-refractivity contribution < 1.29 is 13.2 Å². The van der Waals surface area contributed by atoms with Gasteiger partial charge in [0.15, 0.2) is 5.78 Å². The molecular weight excluding hydrogens is 356 g/mol. The number of ketones is 1. The Labute approximate surface area is 160 Å². The monoisotopic (exact) mass is 378 g/mol. The van der Waals surface area contributed by atoms with E-state index in [0.29, 0.717) is 21.8 Å². The van der Waals surface area contributed by atoms with E-state index in [2.05, 4.69) is 0 Å². The van der Waals surface area contributed by atoms with E-state index >= 15 is 0 Å². The summed E-state index contributed by atoms with van der Waals surface area (Å²) in [6.45, 7) is 0. The molecule has 138 valence electrons. The quantitative estimate of drug-likeness (QED) is 0.746. The van der Waals surface area contributed by atoms with E-state index in [9.17, 15) is 13.2 Å². The average molecular weight is 378 g/mol. The van der Waals surface area contributed by atoms with Crippen LogP contribution < -0.4 is 0 Å². The molecule has 0 N–H and O–H groups in total. The number of fused-ring (bicyclic) bond motifs is 1. The SMILES string of the molecule is O=C1C/C2=C(\S(=O)(=O)c3ccccc3)CCCCCC2=C1c1ccccc1. The smallest absolute Gasteiger partial charge is 0.203 e. The largest absolute Gasteiger partial charge is 0.294 e. The molecule has 0 spiro atoms. The molecule has 2 aromatic carbocycles. The summed E-state index contributed by atoms with van der Waals surface area (Å²) < 4.78 is 26.7. The van der Waals surface area contributed by atoms with Crippen molar-refractivity contribution in [1.29, 1.82) is 0 Å². The van der Waals surface area contributed by atoms with E-state index in [4.69, 9.17) is 0 Å². The predicted octanol–water partition coefficient (Wildman–Crippen LogP) is 5.11. The molecule has 2 aliphatic rings. The van der Waals surface area contributed by atoms with Gasteiger partial charge in [-0.1, -0.05) is 55.0 Å². The summed E-state index contributed by atoms with van der Waals surface area (Å²) in [5, 5.41) is 0. The zero-order chi connectivity index (χ0) is 18.9. The zero-order valence-corrected chi connectivity index (χ0v) is 16.0. The molecule has 27 heavy (non-hydrogen) atoms. The number of allylic oxidation sites excluding steroid dienone is 4. The second-order valence-corrected chi connectivity index (χ2v) is 9.07. The number of sulfone groups is 1. The van der Waals surface area contributed by atoms with Gasteiger partial charge in [-0.05, 0) is 54.5 Å². The minimum Gasteiger partial charge on any atom is -0.294 e. The summed E-state index contributed by atoms with van der Waals surface area (Å²) in [4.78, 5) is 13.6. The van der Waals surface area contributed by atoms with Crippen LogP contribution in [0.3, 0.4) is 0 Å². The molecule has 4 rings (SSSR count). The van der Waals surface area contributed by atoms with Gasteiger partial charge in [-0.3, -0.25) is 4.79 Å². The van der Waals surface area contributed by atoms with Gasteiger partial charge in [0.2, 0.25) is 9.84 Å². The van der Waals surface area contributed by atoms with Crippen LogP contribution in [0.4, 0.5) is 0 Å². The van der Waals surface area contributed by atoms with E-state index in [-0.39, 0.29) is 12.2 Å². The van der Waals surface area contributed by atoms with Crippen molar-refractivity contribution in [2.75, 3.05) is 0 Å². The first-order valence-electron chi connectivity index (χ1n) is 9.43. The first-order valence-corrected chi connectivity index (χ1v) is 10.9. The normalized spacial score (nSPS) is 21.0. The van der Waals surface area contributed by atoms with Gasteiger partial charge in [-0.2, -0.15) is 0 Å². The maximum atomic E-state index is 13.4. The van der Waals surface area contributed by atoms with Crippen LogP contribution in [-0.2, 0) is 14.6 Å². The van der Waals surface area contributed by atoms with Crippen molar-refractivity contribution in [3.8, 4) is 0 Å². The zero-order valence-electron chi connectivity index (χ0n) is 15.1. The second kappa shape index (κ2) is 7.28. The van der Waals surface area contributed by atoms with Crippen LogP contribution in [-0.4, -0.2) is 14.2 Å². The Balaban J connectivity index is 1.93. The van der Waals surface area contributed by atoms with Crippen molar-refractivity contribution in [3.63, 3.8) is 0 Å². The summed E-state index contributed by atoms with van der Waals surface area (Å²) in [5.74, 6) is 0.0360. The fourth-order valence-corrected chi connectivity index (χ4v) is 5.84. The highest BCUT2D eigenvalue weighted by molar-refractivity contribution is 7.95. The third kappa shape index (κ3) is 3.30. The number of carbonyl (C=O) groups excluding carboxylic acids is 1. The lowest BCUT2D eigenvalue weighted by molar-refractivity contribution is -0.112. The van der Waals surface area contributed by atoms with Gasteiger partial charge in [0.25, 0.3) is 0 Å². The fraction of sp³-hybridized carbons (Fsp3) is 0.261. The van der Waals surface area contributed by atoms with E-state index in [1.54, 1.807) is 24.3 Å². The second-order valence-electron chi connectivity index (χ2n) is 7.10. The molecule has 2 aliphatic carbocycles. The molecule has 4 heteroatoms. The predicted molar refractivity (Wildman–Crippen MR) is 107 cm³/mol. The number of carbonyl (C=O) groups is 1. The van der Waals surface area contributed by atoms with Crippen LogP contribution in [0, 0.1) is 0 Å². The Morgan fingerprint density at radius 2 is 1.33 bits per heavy atom. The summed E-state index contributed by atoms with van der Waals surface area (Å²) >= 11 is 0. The maximum Gasteiger partial charge on any atom is 0.203 e. The molecule has 2 aromatic rings. The molecule has 3 nitrogen and oxygen atoms in total. The van der Waals surface area contributed by atoms with Crippen LogP contribution in [0.1, 0.15) is 44.1 Å². The Kier molecular flexibility index (Phi) is 4.83. The van der Waals surface area contributed by atoms with Crippen LogP contribution in [0.5, 0.6) is 0 Å². The standard InChI is InChI=1S/C23H22O3S/c24-21-16-20-19(23(21)17-10-4-1-5-11-17)14-8-3-9-15-22(20)27(25,26)18-12-6-2-7-13-18/h1-2,4-7,10-13H,3,8-9,14-16H2/b22-20+. The highest BCUT2D eigenvalue weighted by atomic mass is 32.2. The van der Waals surface area contributed by atoms with Crippen molar-refractivity contribution in [1.82, 2.24) is 0 Å². The molecule has 0 fully saturated rings. The minimum absolute atomic E-state index is 0.0360. The first-order chi connectivity index (χ1) is 13.1. The van der Waals surface area contributed by atoms with E-state index in [1.165, 1.54) is 0 Å². The van der Waals surface area contributed by atoms with Crippen molar-refractivity contribution in [2.45, 2.75) is 43.4 Å². The van der Waals surface area contributed by atoms with E-state index < -0.39 is 9.84 Å². The summed E-state index contributed by atoms with van der Waals surface area (Å²) in [5.41, 5.74) is 3.31. The minimum atomic E-state index is -3.59. The third-order valence-corrected chi connectivity index (χ3v) is 7.38. The number of benzene rings is 2. The fourth-order valence-electron chi connectivity index (χ4n) is 4.11. The third-order valence-electron chi connectivity index (χ3n) is 5.39. The maximum absolute atomic E-state index is 13.4. The number of hydrogen-bond acceptors (Lipinski definition) is 3. The number of rotatable bonds is 3. The van der Waals surface area contributed by atoms with Crippen molar-refractivity contribution in [2.24, 2.45) is 0 Å². The van der Waals surface area contributed by atoms with Crippen LogP contribution in [0.15, 0.2) is 81.6 Å². The average Bonchev–Trinajstić information content (AvgIpc) is 2.98. The van der Waals surface area contributed by atoms with Gasteiger partial charge >= 0.3 is 0 Å². The van der Waals surface area contributed by atoms with E-state index in [1.807, 2.05) is 36.4 Å². The van der Waals surface area contributed by atoms with Gasteiger partial charge in [0.1, 0.15) is 0 Å². The highest BCUT2D eigenvalue weighted by Crippen LogP contribution is 2.44. The molecular formula is C23H22O3S. The molecule has 0 unspecified atom stereocenters. The molecule has 0 heterocycles. The van der Waals surface area contributed by atoms with Crippen LogP contribution in [0.25, 0.3) is 5.57 Å². The summed E-state index contributed by atoms with van der Waals surface area (Å²) in [7, 11) is -3.59. The Morgan fingerprint density at radius 3 is 2.04 bits per heavy atom. The molecule has 0 amide bonds. The van der Waals surface area contributed by atoms with Crippen molar-refractivity contribution >= 4 is 21.2 Å². The lowest BCUT2D eigenvalue weighted by Gasteiger charge is -2.18. The molecule has 0 saturated carbocycles. The topological polar surface area (TPSA) is 51.2 Å². The van der Waals surface area contributed by atoms with Gasteiger partial charge in [-0.25, -0.2) is 8.42 Å². The Bertz CT molecular complexity index is 1030. The number of hydrogen-bond donors (Lipinski definition) is 0. The molecule has 0 saturated heterocycles.